The topological polar surface area (TPSA) is 81.3 Å². The van der Waals surface area contributed by atoms with Crippen LogP contribution < -0.4 is 16.2 Å². The lowest BCUT2D eigenvalue weighted by Crippen LogP contribution is -2.55. The summed E-state index contributed by atoms with van der Waals surface area (Å²) < 4.78 is 5.35. The lowest BCUT2D eigenvalue weighted by Gasteiger charge is -2.37. The number of likely N-dealkylation sites (tertiary alicyclic amines) is 2. The molecule has 9 nitrogen and oxygen atoms in total. The maximum absolute atomic E-state index is 12.2. The van der Waals surface area contributed by atoms with Gasteiger partial charge in [-0.1, -0.05) is 13.8 Å². The van der Waals surface area contributed by atoms with E-state index in [4.69, 9.17) is 9.57 Å². The fourth-order valence-electron chi connectivity index (χ4n) is 5.39. The first-order valence-electron chi connectivity index (χ1n) is 11.4. The third-order valence-corrected chi connectivity index (χ3v) is 7.37. The molecule has 164 valence electrons. The molecule has 5 heterocycles. The predicted octanol–water partition coefficient (Wildman–Crippen LogP) is -0.475. The summed E-state index contributed by atoms with van der Waals surface area (Å²) in [7, 11) is 0. The van der Waals surface area contributed by atoms with Gasteiger partial charge in [-0.15, -0.1) is 0 Å². The van der Waals surface area contributed by atoms with Crippen molar-refractivity contribution in [3.8, 4) is 0 Å². The van der Waals surface area contributed by atoms with Gasteiger partial charge in [-0.2, -0.15) is 5.48 Å². The van der Waals surface area contributed by atoms with Crippen molar-refractivity contribution in [2.75, 3.05) is 45.9 Å². The molecule has 0 aromatic heterocycles. The van der Waals surface area contributed by atoms with Gasteiger partial charge in [0.1, 0.15) is 0 Å². The van der Waals surface area contributed by atoms with E-state index >= 15 is 0 Å². The van der Waals surface area contributed by atoms with Gasteiger partial charge in [-0.05, 0) is 25.2 Å². The summed E-state index contributed by atoms with van der Waals surface area (Å²) >= 11 is 0. The summed E-state index contributed by atoms with van der Waals surface area (Å²) in [6, 6.07) is 1.13. The Morgan fingerprint density at radius 1 is 1.03 bits per heavy atom. The largest absolute Gasteiger partial charge is 0.378 e. The molecule has 0 saturated carbocycles. The molecule has 3 N–H and O–H groups in total. The van der Waals surface area contributed by atoms with E-state index in [0.717, 1.165) is 65.2 Å². The zero-order valence-corrected chi connectivity index (χ0v) is 17.7. The Bertz CT molecular complexity index is 595. The number of hydroxylamine groups is 1. The van der Waals surface area contributed by atoms with Crippen molar-refractivity contribution >= 4 is 5.91 Å². The number of hydrogen-bond donors (Lipinski definition) is 3. The average molecular weight is 409 g/mol. The van der Waals surface area contributed by atoms with Crippen LogP contribution in [-0.4, -0.2) is 91.3 Å². The molecule has 0 aromatic carbocycles. The summed E-state index contributed by atoms with van der Waals surface area (Å²) in [5.41, 5.74) is 6.95. The summed E-state index contributed by atoms with van der Waals surface area (Å²) in [5.74, 6) is 1.50. The molecule has 0 radical (unpaired) electrons. The van der Waals surface area contributed by atoms with Crippen LogP contribution in [0, 0.1) is 17.8 Å². The van der Waals surface area contributed by atoms with Crippen molar-refractivity contribution in [3.05, 3.63) is 0 Å². The van der Waals surface area contributed by atoms with Crippen LogP contribution >= 0.6 is 0 Å². The van der Waals surface area contributed by atoms with Gasteiger partial charge in [0, 0.05) is 50.6 Å². The number of fused-ring (bicyclic) bond motifs is 1. The molecule has 1 amide bonds. The number of carbonyl (C=O) groups is 1. The second kappa shape index (κ2) is 8.37. The zero-order valence-electron chi connectivity index (χ0n) is 17.7. The highest BCUT2D eigenvalue weighted by Crippen LogP contribution is 2.29. The van der Waals surface area contributed by atoms with Crippen molar-refractivity contribution < 1.29 is 14.4 Å². The van der Waals surface area contributed by atoms with Crippen molar-refractivity contribution in [1.29, 1.82) is 0 Å². The highest BCUT2D eigenvalue weighted by molar-refractivity contribution is 5.78. The number of carbonyl (C=O) groups excluding carboxylic acids is 1. The van der Waals surface area contributed by atoms with Crippen molar-refractivity contribution in [3.63, 3.8) is 0 Å². The highest BCUT2D eigenvalue weighted by Gasteiger charge is 2.44. The third kappa shape index (κ3) is 4.06. The maximum atomic E-state index is 12.2. The standard InChI is InChI=1S/C20H36N6O3/c1-13(2)19(27)24-6-3-14(4-7-24)18-21-20(29-23-18)25-8-5-17-15(9-25)10-26(22-17)16-11-28-12-16/h13-18,20-23H,3-12H2,1-2H3. The van der Waals surface area contributed by atoms with E-state index in [1.807, 2.05) is 18.7 Å². The number of nitrogens with one attached hydrogen (secondary N) is 3. The molecule has 9 heteroatoms. The molecular formula is C20H36N6O3. The Hall–Kier alpha value is -0.810. The van der Waals surface area contributed by atoms with Gasteiger partial charge in [-0.25, -0.2) is 5.01 Å². The fourth-order valence-corrected chi connectivity index (χ4v) is 5.39. The van der Waals surface area contributed by atoms with Gasteiger partial charge >= 0.3 is 0 Å². The van der Waals surface area contributed by atoms with E-state index in [-0.39, 0.29) is 24.3 Å². The molecule has 4 atom stereocenters. The van der Waals surface area contributed by atoms with Gasteiger partial charge in [0.2, 0.25) is 5.91 Å². The molecule has 0 bridgehead atoms. The van der Waals surface area contributed by atoms with E-state index in [0.29, 0.717) is 23.9 Å². The average Bonchev–Trinajstić information content (AvgIpc) is 3.32. The molecule has 5 rings (SSSR count). The second-order valence-electron chi connectivity index (χ2n) is 9.67. The number of hydrogen-bond acceptors (Lipinski definition) is 8. The first-order chi connectivity index (χ1) is 14.1. The van der Waals surface area contributed by atoms with Crippen molar-refractivity contribution in [1.82, 2.24) is 31.0 Å². The van der Waals surface area contributed by atoms with Crippen LogP contribution in [0.25, 0.3) is 0 Å². The molecule has 29 heavy (non-hydrogen) atoms. The first-order valence-corrected chi connectivity index (χ1v) is 11.4. The Balaban J connectivity index is 1.09. The quantitative estimate of drug-likeness (QED) is 0.576. The van der Waals surface area contributed by atoms with E-state index in [1.165, 1.54) is 0 Å². The number of amides is 1. The van der Waals surface area contributed by atoms with Crippen LogP contribution in [-0.2, 0) is 14.4 Å². The van der Waals surface area contributed by atoms with Gasteiger partial charge in [0.15, 0.2) is 6.35 Å². The lowest BCUT2D eigenvalue weighted by molar-refractivity contribution is -0.136. The smallest absolute Gasteiger partial charge is 0.225 e. The molecule has 5 aliphatic heterocycles. The molecule has 0 aliphatic carbocycles. The van der Waals surface area contributed by atoms with Gasteiger partial charge in [0.05, 0.1) is 25.4 Å². The minimum atomic E-state index is -0.0580. The Morgan fingerprint density at radius 2 is 1.83 bits per heavy atom. The Kier molecular flexibility index (Phi) is 5.81. The van der Waals surface area contributed by atoms with Gasteiger partial charge in [-0.3, -0.25) is 25.3 Å². The van der Waals surface area contributed by atoms with Crippen LogP contribution in [0.4, 0.5) is 0 Å². The van der Waals surface area contributed by atoms with Gasteiger partial charge in [0.25, 0.3) is 0 Å². The first kappa shape index (κ1) is 20.1. The Morgan fingerprint density at radius 3 is 2.52 bits per heavy atom. The maximum Gasteiger partial charge on any atom is 0.225 e. The number of nitrogens with zero attached hydrogens (tertiary/aromatic N) is 3. The number of rotatable bonds is 4. The molecule has 5 aliphatic rings. The summed E-state index contributed by atoms with van der Waals surface area (Å²) in [6.07, 6.45) is 3.30. The van der Waals surface area contributed by atoms with Crippen LogP contribution in [0.15, 0.2) is 0 Å². The summed E-state index contributed by atoms with van der Waals surface area (Å²) in [4.78, 5) is 22.6. The zero-order chi connectivity index (χ0) is 20.0. The van der Waals surface area contributed by atoms with Crippen LogP contribution in [0.3, 0.4) is 0 Å². The SMILES string of the molecule is CC(C)C(=O)N1CCC(C2NOC(N3CCC4NN(C5COC5)CC4C3)N2)CC1. The number of piperidine rings is 2. The summed E-state index contributed by atoms with van der Waals surface area (Å²) in [6.45, 7) is 10.6. The third-order valence-electron chi connectivity index (χ3n) is 7.37. The van der Waals surface area contributed by atoms with Crippen LogP contribution in [0.1, 0.15) is 33.1 Å². The van der Waals surface area contributed by atoms with Crippen LogP contribution in [0.5, 0.6) is 0 Å². The van der Waals surface area contributed by atoms with Crippen molar-refractivity contribution in [2.24, 2.45) is 17.8 Å². The van der Waals surface area contributed by atoms with E-state index in [1.54, 1.807) is 0 Å². The second-order valence-corrected chi connectivity index (χ2v) is 9.67. The molecule has 0 aromatic rings. The molecule has 5 fully saturated rings. The predicted molar refractivity (Wildman–Crippen MR) is 107 cm³/mol. The Labute approximate surface area is 173 Å². The minimum absolute atomic E-state index is 0.0580. The normalized spacial score (nSPS) is 37.8. The van der Waals surface area contributed by atoms with Crippen molar-refractivity contribution in [2.45, 2.75) is 57.7 Å². The van der Waals surface area contributed by atoms with E-state index < -0.39 is 0 Å². The molecular weight excluding hydrogens is 372 g/mol. The monoisotopic (exact) mass is 408 g/mol. The lowest BCUT2D eigenvalue weighted by atomic mass is 9.93. The van der Waals surface area contributed by atoms with Crippen LogP contribution in [0.2, 0.25) is 0 Å². The van der Waals surface area contributed by atoms with E-state index in [2.05, 4.69) is 26.1 Å². The molecule has 5 saturated heterocycles. The number of hydrazine groups is 1. The molecule has 4 unspecified atom stereocenters. The highest BCUT2D eigenvalue weighted by atomic mass is 16.7. The van der Waals surface area contributed by atoms with Gasteiger partial charge < -0.3 is 9.64 Å². The number of ether oxygens (including phenoxy) is 1. The van der Waals surface area contributed by atoms with E-state index in [9.17, 15) is 4.79 Å². The molecule has 0 spiro atoms. The summed E-state index contributed by atoms with van der Waals surface area (Å²) in [5, 5.41) is 6.07. The minimum Gasteiger partial charge on any atom is -0.378 e. The fraction of sp³-hybridized carbons (Fsp3) is 0.950.